The molecule has 0 aliphatic carbocycles. The fourth-order valence-electron chi connectivity index (χ4n) is 1.81. The van der Waals surface area contributed by atoms with Gasteiger partial charge in [0.15, 0.2) is 0 Å². The Bertz CT molecular complexity index is 437. The van der Waals surface area contributed by atoms with Crippen molar-refractivity contribution in [1.82, 2.24) is 14.9 Å². The zero-order chi connectivity index (χ0) is 12.6. The van der Waals surface area contributed by atoms with Gasteiger partial charge in [0.05, 0.1) is 6.33 Å². The quantitative estimate of drug-likeness (QED) is 0.779. The Morgan fingerprint density at radius 1 is 1.17 bits per heavy atom. The van der Waals surface area contributed by atoms with E-state index < -0.39 is 0 Å². The third kappa shape index (κ3) is 4.51. The molecule has 1 aromatic heterocycles. The van der Waals surface area contributed by atoms with E-state index in [1.807, 2.05) is 30.9 Å². The number of imidazole rings is 1. The molecular formula is C14H18ClN3. The Kier molecular flexibility index (Phi) is 5.24. The molecule has 3 nitrogen and oxygen atoms in total. The van der Waals surface area contributed by atoms with Crippen molar-refractivity contribution in [2.24, 2.45) is 0 Å². The molecule has 1 aromatic carbocycles. The lowest BCUT2D eigenvalue weighted by atomic mass is 10.1. The molecule has 0 spiro atoms. The molecule has 1 heterocycles. The van der Waals surface area contributed by atoms with Crippen molar-refractivity contribution in [3.05, 3.63) is 53.6 Å². The smallest absolute Gasteiger partial charge is 0.0945 e. The van der Waals surface area contributed by atoms with E-state index >= 15 is 0 Å². The first kappa shape index (κ1) is 13.1. The summed E-state index contributed by atoms with van der Waals surface area (Å²) in [7, 11) is 0. The van der Waals surface area contributed by atoms with E-state index in [1.165, 1.54) is 5.56 Å². The van der Waals surface area contributed by atoms with Crippen LogP contribution >= 0.6 is 11.6 Å². The van der Waals surface area contributed by atoms with Gasteiger partial charge in [0, 0.05) is 24.0 Å². The molecule has 2 rings (SSSR count). The van der Waals surface area contributed by atoms with E-state index in [0.29, 0.717) is 0 Å². The Labute approximate surface area is 113 Å². The van der Waals surface area contributed by atoms with E-state index in [1.54, 1.807) is 0 Å². The maximum absolute atomic E-state index is 5.84. The third-order valence-electron chi connectivity index (χ3n) is 2.83. The first-order valence-corrected chi connectivity index (χ1v) is 6.63. The van der Waals surface area contributed by atoms with Crippen molar-refractivity contribution < 1.29 is 0 Å². The van der Waals surface area contributed by atoms with Crippen molar-refractivity contribution in [3.8, 4) is 0 Å². The number of hydrogen-bond donors (Lipinski definition) is 1. The number of benzene rings is 1. The summed E-state index contributed by atoms with van der Waals surface area (Å²) < 4.78 is 2.10. The molecule has 96 valence electrons. The van der Waals surface area contributed by atoms with E-state index in [9.17, 15) is 0 Å². The molecule has 0 amide bonds. The Morgan fingerprint density at radius 2 is 2.00 bits per heavy atom. The SMILES string of the molecule is Clc1ccc(CCNCCCn2ccnc2)cc1. The van der Waals surface area contributed by atoms with Gasteiger partial charge in [0.2, 0.25) is 0 Å². The summed E-state index contributed by atoms with van der Waals surface area (Å²) in [5.74, 6) is 0. The number of aryl methyl sites for hydroxylation is 1. The first-order chi connectivity index (χ1) is 8.84. The highest BCUT2D eigenvalue weighted by Gasteiger charge is 1.94. The number of rotatable bonds is 7. The van der Waals surface area contributed by atoms with Gasteiger partial charge < -0.3 is 9.88 Å². The second kappa shape index (κ2) is 7.19. The predicted molar refractivity (Wildman–Crippen MR) is 74.9 cm³/mol. The molecule has 0 radical (unpaired) electrons. The van der Waals surface area contributed by atoms with Crippen molar-refractivity contribution >= 4 is 11.6 Å². The maximum Gasteiger partial charge on any atom is 0.0945 e. The molecule has 0 aliphatic heterocycles. The normalized spacial score (nSPS) is 10.7. The summed E-state index contributed by atoms with van der Waals surface area (Å²) in [5, 5.41) is 4.24. The summed E-state index contributed by atoms with van der Waals surface area (Å²) in [6.45, 7) is 3.06. The lowest BCUT2D eigenvalue weighted by Gasteiger charge is -2.05. The fourth-order valence-corrected chi connectivity index (χ4v) is 1.94. The van der Waals surface area contributed by atoms with Crippen LogP contribution in [-0.4, -0.2) is 22.6 Å². The van der Waals surface area contributed by atoms with Crippen LogP contribution in [0.25, 0.3) is 0 Å². The molecule has 0 unspecified atom stereocenters. The molecule has 0 saturated carbocycles. The van der Waals surface area contributed by atoms with Gasteiger partial charge >= 0.3 is 0 Å². The van der Waals surface area contributed by atoms with Crippen LogP contribution in [0, 0.1) is 0 Å². The molecule has 0 saturated heterocycles. The van der Waals surface area contributed by atoms with Crippen LogP contribution in [0.2, 0.25) is 5.02 Å². The molecule has 1 N–H and O–H groups in total. The van der Waals surface area contributed by atoms with Crippen LogP contribution in [-0.2, 0) is 13.0 Å². The zero-order valence-electron chi connectivity index (χ0n) is 10.3. The molecular weight excluding hydrogens is 246 g/mol. The van der Waals surface area contributed by atoms with Crippen molar-refractivity contribution in [2.75, 3.05) is 13.1 Å². The van der Waals surface area contributed by atoms with Crippen molar-refractivity contribution in [1.29, 1.82) is 0 Å². The fraction of sp³-hybridized carbons (Fsp3) is 0.357. The van der Waals surface area contributed by atoms with Crippen LogP contribution in [0.15, 0.2) is 43.0 Å². The second-order valence-electron chi connectivity index (χ2n) is 4.28. The van der Waals surface area contributed by atoms with E-state index in [-0.39, 0.29) is 0 Å². The minimum atomic E-state index is 0.798. The summed E-state index contributed by atoms with van der Waals surface area (Å²) in [5.41, 5.74) is 1.32. The number of hydrogen-bond acceptors (Lipinski definition) is 2. The highest BCUT2D eigenvalue weighted by molar-refractivity contribution is 6.30. The minimum Gasteiger partial charge on any atom is -0.337 e. The zero-order valence-corrected chi connectivity index (χ0v) is 11.1. The third-order valence-corrected chi connectivity index (χ3v) is 3.08. The molecule has 4 heteroatoms. The topological polar surface area (TPSA) is 29.9 Å². The van der Waals surface area contributed by atoms with Crippen LogP contribution < -0.4 is 5.32 Å². The van der Waals surface area contributed by atoms with Crippen LogP contribution in [0.5, 0.6) is 0 Å². The average molecular weight is 264 g/mol. The van der Waals surface area contributed by atoms with Crippen LogP contribution in [0.3, 0.4) is 0 Å². The summed E-state index contributed by atoms with van der Waals surface area (Å²) >= 11 is 5.84. The summed E-state index contributed by atoms with van der Waals surface area (Å²) in [6, 6.07) is 8.04. The number of nitrogens with one attached hydrogen (secondary N) is 1. The number of halogens is 1. The predicted octanol–water partition coefficient (Wildman–Crippen LogP) is 2.76. The van der Waals surface area contributed by atoms with Crippen LogP contribution in [0.1, 0.15) is 12.0 Å². The largest absolute Gasteiger partial charge is 0.337 e. The summed E-state index contributed by atoms with van der Waals surface area (Å²) in [6.07, 6.45) is 7.83. The highest BCUT2D eigenvalue weighted by Crippen LogP contribution is 2.09. The first-order valence-electron chi connectivity index (χ1n) is 6.25. The van der Waals surface area contributed by atoms with Gasteiger partial charge in [-0.3, -0.25) is 0 Å². The average Bonchev–Trinajstić information content (AvgIpc) is 2.89. The minimum absolute atomic E-state index is 0.798. The van der Waals surface area contributed by atoms with Gasteiger partial charge in [-0.15, -0.1) is 0 Å². The van der Waals surface area contributed by atoms with Crippen molar-refractivity contribution in [3.63, 3.8) is 0 Å². The molecule has 18 heavy (non-hydrogen) atoms. The van der Waals surface area contributed by atoms with Crippen LogP contribution in [0.4, 0.5) is 0 Å². The Hall–Kier alpha value is -1.32. The number of nitrogens with zero attached hydrogens (tertiary/aromatic N) is 2. The van der Waals surface area contributed by atoms with Gasteiger partial charge in [0.1, 0.15) is 0 Å². The van der Waals surface area contributed by atoms with Gasteiger partial charge in [-0.2, -0.15) is 0 Å². The Balaban J connectivity index is 1.55. The standard InChI is InChI=1S/C14H18ClN3/c15-14-4-2-13(3-5-14)6-8-16-7-1-10-18-11-9-17-12-18/h2-5,9,11-12,16H,1,6-8,10H2. The van der Waals surface area contributed by atoms with E-state index in [0.717, 1.165) is 37.5 Å². The van der Waals surface area contributed by atoms with Gasteiger partial charge in [-0.25, -0.2) is 4.98 Å². The van der Waals surface area contributed by atoms with Gasteiger partial charge in [-0.05, 0) is 43.6 Å². The molecule has 0 bridgehead atoms. The van der Waals surface area contributed by atoms with Gasteiger partial charge in [-0.1, -0.05) is 23.7 Å². The molecule has 0 fully saturated rings. The molecule has 0 atom stereocenters. The number of aromatic nitrogens is 2. The highest BCUT2D eigenvalue weighted by atomic mass is 35.5. The van der Waals surface area contributed by atoms with E-state index in [4.69, 9.17) is 11.6 Å². The van der Waals surface area contributed by atoms with E-state index in [2.05, 4.69) is 27.0 Å². The monoisotopic (exact) mass is 263 g/mol. The second-order valence-corrected chi connectivity index (χ2v) is 4.72. The maximum atomic E-state index is 5.84. The molecule has 0 aliphatic rings. The van der Waals surface area contributed by atoms with Gasteiger partial charge in [0.25, 0.3) is 0 Å². The lowest BCUT2D eigenvalue weighted by molar-refractivity contribution is 0.582. The summed E-state index contributed by atoms with van der Waals surface area (Å²) in [4.78, 5) is 4.02. The molecule has 2 aromatic rings. The Morgan fingerprint density at radius 3 is 2.72 bits per heavy atom. The lowest BCUT2D eigenvalue weighted by Crippen LogP contribution is -2.19. The van der Waals surface area contributed by atoms with Crippen molar-refractivity contribution in [2.45, 2.75) is 19.4 Å².